The number of hydrogen-bond donors (Lipinski definition) is 2. The van der Waals surface area contributed by atoms with Crippen molar-refractivity contribution in [2.75, 3.05) is 12.4 Å². The first kappa shape index (κ1) is 10.0. The molecule has 5 heteroatoms. The molecule has 0 spiro atoms. The first-order chi connectivity index (χ1) is 5.95. The fourth-order valence-corrected chi connectivity index (χ4v) is 1.83. The second-order valence-corrected chi connectivity index (χ2v) is 4.11. The van der Waals surface area contributed by atoms with Crippen molar-refractivity contribution in [2.45, 2.75) is 11.8 Å². The van der Waals surface area contributed by atoms with Gasteiger partial charge in [0.05, 0.1) is 5.69 Å². The number of benzene rings is 1. The fraction of sp³-hybridized carbons (Fsp3) is 0.250. The minimum atomic E-state index is -4.13. The van der Waals surface area contributed by atoms with E-state index in [9.17, 15) is 8.42 Å². The zero-order valence-corrected chi connectivity index (χ0v) is 8.22. The van der Waals surface area contributed by atoms with E-state index in [-0.39, 0.29) is 4.90 Å². The van der Waals surface area contributed by atoms with E-state index in [1.54, 1.807) is 26.1 Å². The standard InChI is InChI=1S/C8H11NO3S/c1-6-3-4-7(9-2)8(5-6)13(10,11)12/h3-5,9H,1-2H3,(H,10,11,12). The fourth-order valence-electron chi connectivity index (χ4n) is 1.05. The third kappa shape index (κ3) is 2.19. The van der Waals surface area contributed by atoms with Gasteiger partial charge in [0.15, 0.2) is 0 Å². The molecular weight excluding hydrogens is 190 g/mol. The monoisotopic (exact) mass is 201 g/mol. The Labute approximate surface area is 77.3 Å². The maximum Gasteiger partial charge on any atom is 0.296 e. The van der Waals surface area contributed by atoms with E-state index in [1.165, 1.54) is 6.07 Å². The predicted molar refractivity (Wildman–Crippen MR) is 50.5 cm³/mol. The van der Waals surface area contributed by atoms with Gasteiger partial charge in [0.1, 0.15) is 4.90 Å². The van der Waals surface area contributed by atoms with Crippen LogP contribution in [0, 0.1) is 6.92 Å². The maximum absolute atomic E-state index is 10.9. The Morgan fingerprint density at radius 1 is 1.38 bits per heavy atom. The Morgan fingerprint density at radius 3 is 2.46 bits per heavy atom. The van der Waals surface area contributed by atoms with Gasteiger partial charge in [-0.3, -0.25) is 4.55 Å². The summed E-state index contributed by atoms with van der Waals surface area (Å²) in [6, 6.07) is 4.79. The molecule has 0 fully saturated rings. The second kappa shape index (κ2) is 3.35. The SMILES string of the molecule is CNc1ccc(C)cc1S(=O)(=O)O. The lowest BCUT2D eigenvalue weighted by Gasteiger charge is -2.06. The highest BCUT2D eigenvalue weighted by molar-refractivity contribution is 7.86. The van der Waals surface area contributed by atoms with E-state index in [2.05, 4.69) is 5.32 Å². The van der Waals surface area contributed by atoms with Crippen molar-refractivity contribution in [1.82, 2.24) is 0 Å². The van der Waals surface area contributed by atoms with Gasteiger partial charge in [0.25, 0.3) is 10.1 Å². The molecule has 72 valence electrons. The van der Waals surface area contributed by atoms with Gasteiger partial charge in [0, 0.05) is 7.05 Å². The molecule has 0 unspecified atom stereocenters. The zero-order valence-electron chi connectivity index (χ0n) is 7.40. The summed E-state index contributed by atoms with van der Waals surface area (Å²) in [7, 11) is -2.53. The van der Waals surface area contributed by atoms with Crippen molar-refractivity contribution >= 4 is 15.8 Å². The summed E-state index contributed by atoms with van der Waals surface area (Å²) in [5, 5.41) is 2.69. The molecule has 4 nitrogen and oxygen atoms in total. The summed E-state index contributed by atoms with van der Waals surface area (Å²) >= 11 is 0. The van der Waals surface area contributed by atoms with Gasteiger partial charge < -0.3 is 5.32 Å². The largest absolute Gasteiger partial charge is 0.387 e. The van der Waals surface area contributed by atoms with Gasteiger partial charge in [-0.1, -0.05) is 6.07 Å². The molecule has 1 aromatic carbocycles. The molecule has 0 saturated heterocycles. The molecule has 1 aromatic rings. The molecule has 0 aliphatic carbocycles. The molecule has 0 aromatic heterocycles. The molecule has 1 rings (SSSR count). The highest BCUT2D eigenvalue weighted by Crippen LogP contribution is 2.21. The second-order valence-electron chi connectivity index (χ2n) is 2.72. The molecule has 0 bridgehead atoms. The maximum atomic E-state index is 10.9. The van der Waals surface area contributed by atoms with E-state index >= 15 is 0 Å². The predicted octanol–water partition coefficient (Wildman–Crippen LogP) is 1.28. The van der Waals surface area contributed by atoms with Gasteiger partial charge in [-0.15, -0.1) is 0 Å². The lowest BCUT2D eigenvalue weighted by molar-refractivity contribution is 0.483. The van der Waals surface area contributed by atoms with Crippen molar-refractivity contribution in [1.29, 1.82) is 0 Å². The normalized spacial score (nSPS) is 11.3. The Kier molecular flexibility index (Phi) is 2.58. The van der Waals surface area contributed by atoms with Gasteiger partial charge >= 0.3 is 0 Å². The highest BCUT2D eigenvalue weighted by Gasteiger charge is 2.14. The lowest BCUT2D eigenvalue weighted by Crippen LogP contribution is -2.03. The highest BCUT2D eigenvalue weighted by atomic mass is 32.2. The third-order valence-corrected chi connectivity index (χ3v) is 2.58. The van der Waals surface area contributed by atoms with Gasteiger partial charge in [-0.25, -0.2) is 0 Å². The first-order valence-electron chi connectivity index (χ1n) is 3.71. The van der Waals surface area contributed by atoms with Crippen LogP contribution in [-0.4, -0.2) is 20.0 Å². The first-order valence-corrected chi connectivity index (χ1v) is 5.15. The van der Waals surface area contributed by atoms with Crippen molar-refractivity contribution in [3.8, 4) is 0 Å². The molecule has 0 atom stereocenters. The van der Waals surface area contributed by atoms with Crippen LogP contribution in [0.5, 0.6) is 0 Å². The summed E-state index contributed by atoms with van der Waals surface area (Å²) in [6.45, 7) is 1.76. The molecule has 0 aliphatic heterocycles. The van der Waals surface area contributed by atoms with Gasteiger partial charge in [-0.2, -0.15) is 8.42 Å². The number of aryl methyl sites for hydroxylation is 1. The van der Waals surface area contributed by atoms with Crippen LogP contribution in [0.1, 0.15) is 5.56 Å². The van der Waals surface area contributed by atoms with Crippen molar-refractivity contribution in [3.63, 3.8) is 0 Å². The van der Waals surface area contributed by atoms with Crippen LogP contribution in [0.25, 0.3) is 0 Å². The van der Waals surface area contributed by atoms with Crippen LogP contribution in [0.2, 0.25) is 0 Å². The topological polar surface area (TPSA) is 66.4 Å². The molecule has 0 radical (unpaired) electrons. The van der Waals surface area contributed by atoms with Crippen LogP contribution in [0.4, 0.5) is 5.69 Å². The van der Waals surface area contributed by atoms with Gasteiger partial charge in [0.2, 0.25) is 0 Å². The van der Waals surface area contributed by atoms with Crippen LogP contribution < -0.4 is 5.32 Å². The zero-order chi connectivity index (χ0) is 10.1. The van der Waals surface area contributed by atoms with Crippen LogP contribution in [0.3, 0.4) is 0 Å². The summed E-state index contributed by atoms with van der Waals surface area (Å²) in [4.78, 5) is -0.0880. The number of rotatable bonds is 2. The van der Waals surface area contributed by atoms with E-state index in [0.29, 0.717) is 5.69 Å². The quantitative estimate of drug-likeness (QED) is 0.707. The lowest BCUT2D eigenvalue weighted by atomic mass is 10.2. The Bertz CT molecular complexity index is 411. The molecule has 0 saturated carbocycles. The Hall–Kier alpha value is -1.07. The molecule has 13 heavy (non-hydrogen) atoms. The molecule has 0 heterocycles. The summed E-state index contributed by atoms with van der Waals surface area (Å²) in [6.07, 6.45) is 0. The van der Waals surface area contributed by atoms with E-state index < -0.39 is 10.1 Å². The number of nitrogens with one attached hydrogen (secondary N) is 1. The minimum absolute atomic E-state index is 0.0880. The van der Waals surface area contributed by atoms with Crippen LogP contribution >= 0.6 is 0 Å². The summed E-state index contributed by atoms with van der Waals surface area (Å²) < 4.78 is 30.6. The Morgan fingerprint density at radius 2 is 2.00 bits per heavy atom. The summed E-state index contributed by atoms with van der Waals surface area (Å²) in [5.41, 5.74) is 1.18. The number of hydrogen-bond acceptors (Lipinski definition) is 3. The van der Waals surface area contributed by atoms with E-state index in [4.69, 9.17) is 4.55 Å². The smallest absolute Gasteiger partial charge is 0.296 e. The average Bonchev–Trinajstić information content (AvgIpc) is 2.03. The van der Waals surface area contributed by atoms with Crippen LogP contribution in [0.15, 0.2) is 23.1 Å². The van der Waals surface area contributed by atoms with E-state index in [0.717, 1.165) is 5.56 Å². The van der Waals surface area contributed by atoms with Gasteiger partial charge in [-0.05, 0) is 24.6 Å². The molecular formula is C8H11NO3S. The molecule has 0 amide bonds. The Balaban J connectivity index is 3.41. The third-order valence-electron chi connectivity index (χ3n) is 1.68. The van der Waals surface area contributed by atoms with Crippen molar-refractivity contribution in [3.05, 3.63) is 23.8 Å². The summed E-state index contributed by atoms with van der Waals surface area (Å²) in [5.74, 6) is 0. The average molecular weight is 201 g/mol. The molecule has 2 N–H and O–H groups in total. The van der Waals surface area contributed by atoms with E-state index in [1.807, 2.05) is 0 Å². The van der Waals surface area contributed by atoms with Crippen LogP contribution in [-0.2, 0) is 10.1 Å². The van der Waals surface area contributed by atoms with Crippen molar-refractivity contribution < 1.29 is 13.0 Å². The molecule has 0 aliphatic rings. The van der Waals surface area contributed by atoms with Crippen molar-refractivity contribution in [2.24, 2.45) is 0 Å². The minimum Gasteiger partial charge on any atom is -0.387 e. The number of anilines is 1.